The molecule has 34 heavy (non-hydrogen) atoms. The number of fused-ring (bicyclic) bond motifs is 5. The summed E-state index contributed by atoms with van der Waals surface area (Å²) in [6, 6.07) is 15.7. The molecule has 3 fully saturated rings. The molecule has 5 atom stereocenters. The standard InChI is InChI=1S/C28H29N3O3/c1-17-5-3-7-22(13-17)30-12-11-29(16-18(30)2)26(32)21-6-4-8-23(15-21)31-27(33)24-19-9-10-20(14-19)25(24)28(31)34/h3-10,13,15,18-20,24-25H,11-12,14,16H2,1-2H3/t18-,19+,20+,24-,25-/m1/s1. The monoisotopic (exact) mass is 455 g/mol. The largest absolute Gasteiger partial charge is 0.365 e. The summed E-state index contributed by atoms with van der Waals surface area (Å²) in [4.78, 5) is 45.3. The Balaban J connectivity index is 1.19. The van der Waals surface area contributed by atoms with Gasteiger partial charge in [0.15, 0.2) is 0 Å². The topological polar surface area (TPSA) is 60.9 Å². The Morgan fingerprint density at radius 3 is 2.24 bits per heavy atom. The van der Waals surface area contributed by atoms with E-state index < -0.39 is 0 Å². The third-order valence-corrected chi connectivity index (χ3v) is 8.07. The summed E-state index contributed by atoms with van der Waals surface area (Å²) in [6.07, 6.45) is 5.10. The van der Waals surface area contributed by atoms with E-state index in [4.69, 9.17) is 0 Å². The number of allylic oxidation sites excluding steroid dienone is 2. The third-order valence-electron chi connectivity index (χ3n) is 8.07. The molecule has 6 rings (SSSR count). The van der Waals surface area contributed by atoms with Crippen LogP contribution in [-0.4, -0.2) is 48.3 Å². The van der Waals surface area contributed by atoms with Gasteiger partial charge in [0.1, 0.15) is 0 Å². The SMILES string of the molecule is Cc1cccc(N2CCN(C(=O)c3cccc(N4C(=O)[C@H]5[C@H](C4=O)[C@H]4C=C[C@H]5C4)c3)C[C@H]2C)c1. The number of nitrogens with zero attached hydrogens (tertiary/aromatic N) is 3. The van der Waals surface area contributed by atoms with Crippen molar-refractivity contribution in [2.75, 3.05) is 29.4 Å². The average molecular weight is 456 g/mol. The van der Waals surface area contributed by atoms with Gasteiger partial charge in [0.25, 0.3) is 5.91 Å². The summed E-state index contributed by atoms with van der Waals surface area (Å²) in [5.41, 5.74) is 3.44. The number of imide groups is 1. The Labute approximate surface area is 199 Å². The van der Waals surface area contributed by atoms with Gasteiger partial charge in [-0.15, -0.1) is 0 Å². The van der Waals surface area contributed by atoms with Crippen molar-refractivity contribution in [3.8, 4) is 0 Å². The second kappa shape index (κ2) is 7.83. The molecule has 6 heteroatoms. The lowest BCUT2D eigenvalue weighted by atomic mass is 9.85. The number of carbonyl (C=O) groups excluding carboxylic acids is 3. The first-order valence-corrected chi connectivity index (χ1v) is 12.2. The van der Waals surface area contributed by atoms with Crippen molar-refractivity contribution in [1.29, 1.82) is 0 Å². The summed E-state index contributed by atoms with van der Waals surface area (Å²) < 4.78 is 0. The minimum absolute atomic E-state index is 0.0568. The fourth-order valence-electron chi connectivity index (χ4n) is 6.45. The predicted molar refractivity (Wildman–Crippen MR) is 131 cm³/mol. The van der Waals surface area contributed by atoms with Crippen LogP contribution in [0.1, 0.15) is 29.3 Å². The highest BCUT2D eigenvalue weighted by atomic mass is 16.2. The number of rotatable bonds is 3. The molecule has 2 aromatic rings. The quantitative estimate of drug-likeness (QED) is 0.524. The number of anilines is 2. The van der Waals surface area contributed by atoms with Crippen molar-refractivity contribution in [3.05, 3.63) is 71.8 Å². The van der Waals surface area contributed by atoms with Crippen molar-refractivity contribution < 1.29 is 14.4 Å². The van der Waals surface area contributed by atoms with Crippen molar-refractivity contribution in [2.45, 2.75) is 26.3 Å². The summed E-state index contributed by atoms with van der Waals surface area (Å²) in [7, 11) is 0. The van der Waals surface area contributed by atoms with Crippen LogP contribution in [0.2, 0.25) is 0 Å². The maximum absolute atomic E-state index is 13.4. The van der Waals surface area contributed by atoms with Crippen molar-refractivity contribution in [2.24, 2.45) is 23.7 Å². The number of carbonyl (C=O) groups is 3. The van der Waals surface area contributed by atoms with Crippen LogP contribution in [-0.2, 0) is 9.59 Å². The molecule has 6 nitrogen and oxygen atoms in total. The van der Waals surface area contributed by atoms with Crippen LogP contribution in [0.3, 0.4) is 0 Å². The average Bonchev–Trinajstić information content (AvgIpc) is 3.52. The van der Waals surface area contributed by atoms with E-state index in [0.29, 0.717) is 24.3 Å². The molecule has 174 valence electrons. The molecular weight excluding hydrogens is 426 g/mol. The predicted octanol–water partition coefficient (Wildman–Crippen LogP) is 3.66. The third kappa shape index (κ3) is 3.19. The Morgan fingerprint density at radius 2 is 1.56 bits per heavy atom. The number of aryl methyl sites for hydroxylation is 1. The maximum Gasteiger partial charge on any atom is 0.254 e. The van der Waals surface area contributed by atoms with Gasteiger partial charge in [0, 0.05) is 36.9 Å². The summed E-state index contributed by atoms with van der Waals surface area (Å²) in [6.45, 7) is 6.24. The van der Waals surface area contributed by atoms with E-state index in [2.05, 4.69) is 55.2 Å². The summed E-state index contributed by atoms with van der Waals surface area (Å²) >= 11 is 0. The number of hydrogen-bond donors (Lipinski definition) is 0. The van der Waals surface area contributed by atoms with Crippen LogP contribution in [0.5, 0.6) is 0 Å². The second-order valence-corrected chi connectivity index (χ2v) is 10.2. The van der Waals surface area contributed by atoms with Crippen LogP contribution in [0.4, 0.5) is 11.4 Å². The van der Waals surface area contributed by atoms with Gasteiger partial charge >= 0.3 is 0 Å². The number of piperazine rings is 1. The number of amides is 3. The molecular formula is C28H29N3O3. The molecule has 0 N–H and O–H groups in total. The van der Waals surface area contributed by atoms with Gasteiger partial charge in [0.05, 0.1) is 17.5 Å². The normalized spacial score (nSPS) is 29.8. The van der Waals surface area contributed by atoms with Gasteiger partial charge in [-0.1, -0.05) is 30.4 Å². The lowest BCUT2D eigenvalue weighted by Gasteiger charge is -2.41. The molecule has 0 aromatic heterocycles. The Bertz CT molecular complexity index is 1190. The van der Waals surface area contributed by atoms with Gasteiger partial charge in [-0.25, -0.2) is 4.90 Å². The first kappa shape index (κ1) is 21.1. The van der Waals surface area contributed by atoms with Crippen LogP contribution >= 0.6 is 0 Å². The van der Waals surface area contributed by atoms with Crippen molar-refractivity contribution in [3.63, 3.8) is 0 Å². The van der Waals surface area contributed by atoms with Crippen molar-refractivity contribution in [1.82, 2.24) is 4.90 Å². The fourth-order valence-corrected chi connectivity index (χ4v) is 6.45. The first-order chi connectivity index (χ1) is 16.4. The molecule has 0 unspecified atom stereocenters. The maximum atomic E-state index is 13.4. The molecule has 3 amide bonds. The zero-order valence-corrected chi connectivity index (χ0v) is 19.6. The highest BCUT2D eigenvalue weighted by molar-refractivity contribution is 6.23. The van der Waals surface area contributed by atoms with E-state index in [1.165, 1.54) is 16.2 Å². The molecule has 0 spiro atoms. The van der Waals surface area contributed by atoms with E-state index in [1.807, 2.05) is 4.90 Å². The van der Waals surface area contributed by atoms with Gasteiger partial charge in [-0.05, 0) is 68.0 Å². The molecule has 2 bridgehead atoms. The molecule has 2 aliphatic heterocycles. The van der Waals surface area contributed by atoms with Gasteiger partial charge in [-0.3, -0.25) is 14.4 Å². The second-order valence-electron chi connectivity index (χ2n) is 10.2. The fraction of sp³-hybridized carbons (Fsp3) is 0.393. The zero-order valence-electron chi connectivity index (χ0n) is 19.6. The van der Waals surface area contributed by atoms with Crippen molar-refractivity contribution >= 4 is 29.1 Å². The zero-order chi connectivity index (χ0) is 23.6. The summed E-state index contributed by atoms with van der Waals surface area (Å²) in [5, 5.41) is 0. The summed E-state index contributed by atoms with van der Waals surface area (Å²) in [5.74, 6) is -0.415. The highest BCUT2D eigenvalue weighted by Gasteiger charge is 2.59. The van der Waals surface area contributed by atoms with Gasteiger partial charge in [-0.2, -0.15) is 0 Å². The van der Waals surface area contributed by atoms with Crippen LogP contribution < -0.4 is 9.80 Å². The molecule has 1 saturated carbocycles. The van der Waals surface area contributed by atoms with Gasteiger partial charge < -0.3 is 9.80 Å². The minimum Gasteiger partial charge on any atom is -0.365 e. The van der Waals surface area contributed by atoms with Crippen LogP contribution in [0.25, 0.3) is 0 Å². The smallest absolute Gasteiger partial charge is 0.254 e. The van der Waals surface area contributed by atoms with Crippen LogP contribution in [0, 0.1) is 30.6 Å². The lowest BCUT2D eigenvalue weighted by Crippen LogP contribution is -2.53. The minimum atomic E-state index is -0.239. The van der Waals surface area contributed by atoms with Gasteiger partial charge in [0.2, 0.25) is 11.8 Å². The Kier molecular flexibility index (Phi) is 4.87. The van der Waals surface area contributed by atoms with E-state index in [-0.39, 0.29) is 47.4 Å². The van der Waals surface area contributed by atoms with E-state index in [9.17, 15) is 14.4 Å². The molecule has 2 heterocycles. The van der Waals surface area contributed by atoms with Crippen LogP contribution in [0.15, 0.2) is 60.7 Å². The molecule has 2 aromatic carbocycles. The number of benzene rings is 2. The van der Waals surface area contributed by atoms with E-state index >= 15 is 0 Å². The van der Waals surface area contributed by atoms with E-state index in [0.717, 1.165) is 13.0 Å². The Hall–Kier alpha value is -3.41. The first-order valence-electron chi connectivity index (χ1n) is 12.2. The Morgan fingerprint density at radius 1 is 0.882 bits per heavy atom. The van der Waals surface area contributed by atoms with E-state index in [1.54, 1.807) is 24.3 Å². The molecule has 4 aliphatic rings. The molecule has 0 radical (unpaired) electrons. The lowest BCUT2D eigenvalue weighted by molar-refractivity contribution is -0.123. The molecule has 2 aliphatic carbocycles. The molecule has 2 saturated heterocycles. The number of hydrogen-bond acceptors (Lipinski definition) is 4. The highest BCUT2D eigenvalue weighted by Crippen LogP contribution is 2.53.